The van der Waals surface area contributed by atoms with Crippen LogP contribution in [0.15, 0.2) is 48.7 Å². The summed E-state index contributed by atoms with van der Waals surface area (Å²) in [7, 11) is 0. The van der Waals surface area contributed by atoms with Gasteiger partial charge in [-0.1, -0.05) is 6.58 Å². The Morgan fingerprint density at radius 3 is 2.31 bits per heavy atom. The third-order valence-electron chi connectivity index (χ3n) is 3.97. The second-order valence-electron chi connectivity index (χ2n) is 6.29. The molecule has 5 nitrogen and oxygen atoms in total. The van der Waals surface area contributed by atoms with Gasteiger partial charge in [0.25, 0.3) is 0 Å². The summed E-state index contributed by atoms with van der Waals surface area (Å²) in [5.41, 5.74) is -3.68. The fourth-order valence-electron chi connectivity index (χ4n) is 2.25. The Morgan fingerprint density at radius 2 is 1.76 bits per heavy atom. The zero-order valence-corrected chi connectivity index (χ0v) is 15.1. The average Bonchev–Trinajstić information content (AvgIpc) is 2.65. The van der Waals surface area contributed by atoms with Crippen molar-refractivity contribution in [3.63, 3.8) is 0 Å². The molecule has 0 saturated carbocycles. The lowest BCUT2D eigenvalue weighted by atomic mass is 10.0. The number of anilines is 1. The van der Waals surface area contributed by atoms with E-state index in [0.717, 1.165) is 18.2 Å². The number of rotatable bonds is 6. The number of alkyl halides is 3. The summed E-state index contributed by atoms with van der Waals surface area (Å²) in [6, 6.07) is 9.63. The van der Waals surface area contributed by atoms with Gasteiger partial charge >= 0.3 is 6.18 Å². The Balaban J connectivity index is 2.12. The largest absolute Gasteiger partial charge is 0.490 e. The molecule has 2 N–H and O–H groups in total. The molecule has 0 heterocycles. The van der Waals surface area contributed by atoms with E-state index in [0.29, 0.717) is 0 Å². The molecular formula is C20H15F4N3O2. The van der Waals surface area contributed by atoms with Crippen molar-refractivity contribution in [3.8, 4) is 17.9 Å². The predicted molar refractivity (Wildman–Crippen MR) is 96.2 cm³/mol. The normalized spacial score (nSPS) is 13.0. The minimum absolute atomic E-state index is 0.0361. The summed E-state index contributed by atoms with van der Waals surface area (Å²) in [5, 5.41) is 30.6. The number of aliphatic hydroxyl groups is 1. The van der Waals surface area contributed by atoms with E-state index in [-0.39, 0.29) is 22.7 Å². The first kappa shape index (κ1) is 21.7. The van der Waals surface area contributed by atoms with Crippen molar-refractivity contribution in [2.24, 2.45) is 0 Å². The highest BCUT2D eigenvalue weighted by atomic mass is 19.4. The van der Waals surface area contributed by atoms with E-state index in [1.54, 1.807) is 6.07 Å². The molecule has 0 unspecified atom stereocenters. The van der Waals surface area contributed by atoms with Gasteiger partial charge in [-0.2, -0.15) is 23.7 Å². The summed E-state index contributed by atoms with van der Waals surface area (Å²) in [6.45, 7) is 4.51. The van der Waals surface area contributed by atoms with Crippen molar-refractivity contribution in [2.45, 2.75) is 18.7 Å². The van der Waals surface area contributed by atoms with Crippen molar-refractivity contribution in [1.29, 1.82) is 10.5 Å². The highest BCUT2D eigenvalue weighted by Gasteiger charge is 2.34. The van der Waals surface area contributed by atoms with Crippen LogP contribution in [-0.4, -0.2) is 17.3 Å². The molecular weight excluding hydrogens is 390 g/mol. The molecule has 0 radical (unpaired) electrons. The lowest BCUT2D eigenvalue weighted by molar-refractivity contribution is -0.137. The van der Waals surface area contributed by atoms with E-state index < -0.39 is 35.3 Å². The Morgan fingerprint density at radius 1 is 1.14 bits per heavy atom. The first-order valence-corrected chi connectivity index (χ1v) is 8.10. The highest BCUT2D eigenvalue weighted by molar-refractivity contribution is 5.56. The van der Waals surface area contributed by atoms with E-state index in [9.17, 15) is 22.7 Å². The Hall–Kier alpha value is -3.56. The van der Waals surface area contributed by atoms with Gasteiger partial charge in [-0.3, -0.25) is 0 Å². The topological polar surface area (TPSA) is 89.1 Å². The highest BCUT2D eigenvalue weighted by Crippen LogP contribution is 2.34. The standard InChI is InChI=1S/C20H15F4N3O2/c1-12(27-15-5-3-13(9-25)17(7-15)20(22,23)24)19(2,28)11-29-16-6-4-14(10-26)18(21)8-16/h3-8,27-28H,1,11H2,2H3/t19-/m1/s1. The second kappa shape index (κ2) is 8.21. The lowest BCUT2D eigenvalue weighted by Crippen LogP contribution is -2.37. The average molecular weight is 405 g/mol. The third-order valence-corrected chi connectivity index (χ3v) is 3.97. The van der Waals surface area contributed by atoms with Gasteiger partial charge in [-0.05, 0) is 37.3 Å². The zero-order chi connectivity index (χ0) is 21.8. The second-order valence-corrected chi connectivity index (χ2v) is 6.29. The van der Waals surface area contributed by atoms with E-state index >= 15 is 0 Å². The molecule has 150 valence electrons. The molecule has 0 bridgehead atoms. The van der Waals surface area contributed by atoms with Gasteiger partial charge in [0.2, 0.25) is 0 Å². The van der Waals surface area contributed by atoms with Crippen molar-refractivity contribution in [2.75, 3.05) is 11.9 Å². The van der Waals surface area contributed by atoms with Gasteiger partial charge in [0.1, 0.15) is 29.8 Å². The summed E-state index contributed by atoms with van der Waals surface area (Å²) in [6.07, 6.45) is -4.73. The number of halogens is 4. The molecule has 29 heavy (non-hydrogen) atoms. The van der Waals surface area contributed by atoms with Crippen LogP contribution in [-0.2, 0) is 6.18 Å². The summed E-state index contributed by atoms with van der Waals surface area (Å²) in [5.74, 6) is -0.744. The van der Waals surface area contributed by atoms with Crippen LogP contribution >= 0.6 is 0 Å². The first-order chi connectivity index (χ1) is 13.5. The number of nitriles is 2. The van der Waals surface area contributed by atoms with Crippen molar-refractivity contribution < 1.29 is 27.4 Å². The molecule has 2 aromatic rings. The van der Waals surface area contributed by atoms with Gasteiger partial charge in [0.15, 0.2) is 0 Å². The summed E-state index contributed by atoms with van der Waals surface area (Å²) < 4.78 is 58.1. The maximum Gasteiger partial charge on any atom is 0.417 e. The molecule has 2 rings (SSSR count). The van der Waals surface area contributed by atoms with Crippen LogP contribution < -0.4 is 10.1 Å². The molecule has 0 aromatic heterocycles. The predicted octanol–water partition coefficient (Wildman–Crippen LogP) is 4.34. The van der Waals surface area contributed by atoms with Gasteiger partial charge in [0.05, 0.1) is 22.8 Å². The van der Waals surface area contributed by atoms with Crippen LogP contribution in [0, 0.1) is 28.5 Å². The van der Waals surface area contributed by atoms with Gasteiger partial charge < -0.3 is 15.2 Å². The minimum Gasteiger partial charge on any atom is -0.490 e. The summed E-state index contributed by atoms with van der Waals surface area (Å²) >= 11 is 0. The lowest BCUT2D eigenvalue weighted by Gasteiger charge is -2.27. The minimum atomic E-state index is -4.73. The van der Waals surface area contributed by atoms with Crippen LogP contribution in [0.2, 0.25) is 0 Å². The van der Waals surface area contributed by atoms with Gasteiger partial charge in [-0.25, -0.2) is 4.39 Å². The molecule has 2 aromatic carbocycles. The quantitative estimate of drug-likeness (QED) is 0.698. The van der Waals surface area contributed by atoms with Crippen LogP contribution in [0.5, 0.6) is 5.75 Å². The molecule has 0 aliphatic heterocycles. The Labute approximate surface area is 164 Å². The number of ether oxygens (including phenoxy) is 1. The smallest absolute Gasteiger partial charge is 0.417 e. The van der Waals surface area contributed by atoms with E-state index in [1.807, 2.05) is 0 Å². The van der Waals surface area contributed by atoms with Crippen molar-refractivity contribution in [1.82, 2.24) is 0 Å². The Bertz CT molecular complexity index is 1020. The van der Waals surface area contributed by atoms with E-state index in [1.165, 1.54) is 31.2 Å². The number of nitrogens with zero attached hydrogens (tertiary/aromatic N) is 2. The van der Waals surface area contributed by atoms with Crippen molar-refractivity contribution in [3.05, 3.63) is 71.2 Å². The fourth-order valence-corrected chi connectivity index (χ4v) is 2.25. The molecule has 0 aliphatic carbocycles. The van der Waals surface area contributed by atoms with Crippen molar-refractivity contribution >= 4 is 5.69 Å². The first-order valence-electron chi connectivity index (χ1n) is 8.10. The monoisotopic (exact) mass is 405 g/mol. The SMILES string of the molecule is C=C(Nc1ccc(C#N)c(C(F)(F)F)c1)[C@](C)(O)COc1ccc(C#N)c(F)c1. The van der Waals surface area contributed by atoms with Crippen LogP contribution in [0.25, 0.3) is 0 Å². The maximum absolute atomic E-state index is 13.6. The molecule has 9 heteroatoms. The fraction of sp³-hybridized carbons (Fsp3) is 0.200. The number of hydrogen-bond donors (Lipinski definition) is 2. The molecule has 0 saturated heterocycles. The molecule has 0 spiro atoms. The van der Waals surface area contributed by atoms with Gasteiger partial charge in [0, 0.05) is 17.5 Å². The van der Waals surface area contributed by atoms with Crippen LogP contribution in [0.1, 0.15) is 23.6 Å². The maximum atomic E-state index is 13.6. The van der Waals surface area contributed by atoms with Crippen LogP contribution in [0.4, 0.5) is 23.2 Å². The zero-order valence-electron chi connectivity index (χ0n) is 15.1. The van der Waals surface area contributed by atoms with Crippen LogP contribution in [0.3, 0.4) is 0 Å². The number of nitrogens with one attached hydrogen (secondary N) is 1. The van der Waals surface area contributed by atoms with E-state index in [4.69, 9.17) is 15.3 Å². The Kier molecular flexibility index (Phi) is 6.15. The molecule has 0 amide bonds. The summed E-state index contributed by atoms with van der Waals surface area (Å²) in [4.78, 5) is 0. The molecule has 0 fully saturated rings. The molecule has 1 atom stereocenters. The van der Waals surface area contributed by atoms with E-state index in [2.05, 4.69) is 11.9 Å². The third kappa shape index (κ3) is 5.24. The number of hydrogen-bond acceptors (Lipinski definition) is 5. The van der Waals surface area contributed by atoms with Gasteiger partial charge in [-0.15, -0.1) is 0 Å². The molecule has 0 aliphatic rings. The number of benzene rings is 2.